The van der Waals surface area contributed by atoms with E-state index in [0.29, 0.717) is 17.1 Å². The first-order valence-corrected chi connectivity index (χ1v) is 14.5. The first kappa shape index (κ1) is 30.1. The molecule has 10 heteroatoms. The number of aryl methyl sites for hydroxylation is 1. The van der Waals surface area contributed by atoms with Crippen LogP contribution < -0.4 is 9.62 Å². The molecule has 0 unspecified atom stereocenters. The number of hydrogen-bond donors (Lipinski definition) is 1. The fraction of sp³-hybridized carbons (Fsp3) is 0.310. The van der Waals surface area contributed by atoms with Crippen LogP contribution in [0.25, 0.3) is 0 Å². The Morgan fingerprint density at radius 3 is 2.31 bits per heavy atom. The van der Waals surface area contributed by atoms with Crippen molar-refractivity contribution in [2.45, 2.75) is 51.1 Å². The van der Waals surface area contributed by atoms with E-state index in [2.05, 4.69) is 5.32 Å². The first-order valence-electron chi connectivity index (χ1n) is 12.7. The van der Waals surface area contributed by atoms with Crippen molar-refractivity contribution in [2.24, 2.45) is 0 Å². The molecule has 3 aromatic carbocycles. The van der Waals surface area contributed by atoms with Crippen molar-refractivity contribution in [1.29, 1.82) is 0 Å². The molecule has 0 saturated carbocycles. The highest BCUT2D eigenvalue weighted by atomic mass is 35.5. The number of carbonyl (C=O) groups is 2. The lowest BCUT2D eigenvalue weighted by atomic mass is 10.1. The third kappa shape index (κ3) is 8.03. The van der Waals surface area contributed by atoms with Gasteiger partial charge in [0.2, 0.25) is 11.8 Å². The maximum Gasteiger partial charge on any atom is 0.264 e. The fourth-order valence-corrected chi connectivity index (χ4v) is 5.55. The molecular weight excluding hydrogens is 541 g/mol. The van der Waals surface area contributed by atoms with Crippen molar-refractivity contribution in [3.05, 3.63) is 94.8 Å². The summed E-state index contributed by atoms with van der Waals surface area (Å²) >= 11 is 6.15. The molecule has 0 aromatic heterocycles. The summed E-state index contributed by atoms with van der Waals surface area (Å²) in [6, 6.07) is 17.1. The van der Waals surface area contributed by atoms with E-state index in [1.54, 1.807) is 43.3 Å². The number of halogens is 2. The molecule has 1 atom stereocenters. The third-order valence-electron chi connectivity index (χ3n) is 6.24. The number of hydrogen-bond acceptors (Lipinski definition) is 4. The van der Waals surface area contributed by atoms with Crippen LogP contribution in [0.1, 0.15) is 37.8 Å². The molecule has 0 radical (unpaired) electrons. The van der Waals surface area contributed by atoms with Gasteiger partial charge in [-0.3, -0.25) is 13.9 Å². The van der Waals surface area contributed by atoms with Crippen LogP contribution in [0.4, 0.5) is 10.1 Å². The number of unbranched alkanes of at least 4 members (excludes halogenated alkanes) is 1. The van der Waals surface area contributed by atoms with E-state index in [9.17, 15) is 22.4 Å². The lowest BCUT2D eigenvalue weighted by Gasteiger charge is -2.32. The van der Waals surface area contributed by atoms with E-state index < -0.39 is 34.3 Å². The second kappa shape index (κ2) is 13.6. The van der Waals surface area contributed by atoms with Crippen LogP contribution >= 0.6 is 11.6 Å². The summed E-state index contributed by atoms with van der Waals surface area (Å²) in [5, 5.41) is 3.30. The lowest BCUT2D eigenvalue weighted by Crippen LogP contribution is -2.51. The molecule has 0 fully saturated rings. The van der Waals surface area contributed by atoms with Gasteiger partial charge < -0.3 is 10.2 Å². The number of carbonyl (C=O) groups excluding carboxylic acids is 2. The Bertz CT molecular complexity index is 1380. The van der Waals surface area contributed by atoms with E-state index in [-0.39, 0.29) is 23.0 Å². The van der Waals surface area contributed by atoms with E-state index in [1.165, 1.54) is 29.2 Å². The largest absolute Gasteiger partial charge is 0.354 e. The van der Waals surface area contributed by atoms with Crippen LogP contribution in [-0.2, 0) is 26.2 Å². The standard InChI is InChI=1S/C29H33ClFN3O4S/c1-4-5-17-32-29(36)22(3)33(19-23-7-6-8-24(30)18-23)28(35)20-34(26-13-11-25(31)12-14-26)39(37,38)27-15-9-21(2)10-16-27/h6-16,18,22H,4-5,17,19-20H2,1-3H3,(H,32,36)/t22-/m0/s1. The zero-order valence-electron chi connectivity index (χ0n) is 22.2. The topological polar surface area (TPSA) is 86.8 Å². The molecule has 39 heavy (non-hydrogen) atoms. The van der Waals surface area contributed by atoms with Gasteiger partial charge >= 0.3 is 0 Å². The van der Waals surface area contributed by atoms with Gasteiger partial charge in [-0.15, -0.1) is 0 Å². The molecule has 0 saturated heterocycles. The number of rotatable bonds is 12. The number of anilines is 1. The zero-order chi connectivity index (χ0) is 28.6. The van der Waals surface area contributed by atoms with Gasteiger partial charge in [0.15, 0.2) is 0 Å². The van der Waals surface area contributed by atoms with Gasteiger partial charge in [-0.25, -0.2) is 12.8 Å². The van der Waals surface area contributed by atoms with Crippen molar-refractivity contribution in [1.82, 2.24) is 10.2 Å². The predicted molar refractivity (Wildman–Crippen MR) is 151 cm³/mol. The van der Waals surface area contributed by atoms with Gasteiger partial charge in [0.1, 0.15) is 18.4 Å². The Balaban J connectivity index is 1.99. The summed E-state index contributed by atoms with van der Waals surface area (Å²) < 4.78 is 42.1. The molecule has 2 amide bonds. The van der Waals surface area contributed by atoms with Gasteiger partial charge in [0.05, 0.1) is 10.6 Å². The Labute approximate surface area is 234 Å². The maximum absolute atomic E-state index is 13.8. The number of nitrogens with one attached hydrogen (secondary N) is 1. The molecule has 208 valence electrons. The molecule has 1 N–H and O–H groups in total. The molecule has 3 aromatic rings. The molecule has 7 nitrogen and oxygen atoms in total. The zero-order valence-corrected chi connectivity index (χ0v) is 23.8. The Kier molecular flexibility index (Phi) is 10.5. The smallest absolute Gasteiger partial charge is 0.264 e. The average Bonchev–Trinajstić information content (AvgIpc) is 2.90. The molecule has 0 aliphatic carbocycles. The second-order valence-corrected chi connectivity index (χ2v) is 11.6. The Morgan fingerprint density at radius 1 is 1.03 bits per heavy atom. The summed E-state index contributed by atoms with van der Waals surface area (Å²) in [5.41, 5.74) is 1.67. The van der Waals surface area contributed by atoms with Crippen LogP contribution in [0.2, 0.25) is 5.02 Å². The molecular formula is C29H33ClFN3O4S. The van der Waals surface area contributed by atoms with Gasteiger partial charge in [0, 0.05) is 18.1 Å². The minimum Gasteiger partial charge on any atom is -0.354 e. The van der Waals surface area contributed by atoms with Crippen LogP contribution in [0.3, 0.4) is 0 Å². The van der Waals surface area contributed by atoms with Crippen molar-refractivity contribution >= 4 is 39.1 Å². The van der Waals surface area contributed by atoms with Gasteiger partial charge in [-0.1, -0.05) is 54.8 Å². The molecule has 0 spiro atoms. The summed E-state index contributed by atoms with van der Waals surface area (Å²) in [5.74, 6) is -1.50. The van der Waals surface area contributed by atoms with E-state index in [1.807, 2.05) is 13.8 Å². The van der Waals surface area contributed by atoms with Crippen LogP contribution in [0.5, 0.6) is 0 Å². The fourth-order valence-electron chi connectivity index (χ4n) is 3.92. The predicted octanol–water partition coefficient (Wildman–Crippen LogP) is 5.32. The number of benzene rings is 3. The Hall–Kier alpha value is -3.43. The lowest BCUT2D eigenvalue weighted by molar-refractivity contribution is -0.139. The van der Waals surface area contributed by atoms with Gasteiger partial charge in [0.25, 0.3) is 10.0 Å². The van der Waals surface area contributed by atoms with Crippen LogP contribution in [-0.4, -0.2) is 44.3 Å². The van der Waals surface area contributed by atoms with Crippen molar-refractivity contribution in [3.63, 3.8) is 0 Å². The number of sulfonamides is 1. The number of amides is 2. The highest BCUT2D eigenvalue weighted by Gasteiger charge is 2.32. The molecule has 0 aliphatic rings. The van der Waals surface area contributed by atoms with Crippen LogP contribution in [0, 0.1) is 12.7 Å². The first-order chi connectivity index (χ1) is 18.5. The van der Waals surface area contributed by atoms with Crippen molar-refractivity contribution in [2.75, 3.05) is 17.4 Å². The second-order valence-electron chi connectivity index (χ2n) is 9.27. The summed E-state index contributed by atoms with van der Waals surface area (Å²) in [4.78, 5) is 28.1. The van der Waals surface area contributed by atoms with Crippen molar-refractivity contribution < 1.29 is 22.4 Å². The highest BCUT2D eigenvalue weighted by Crippen LogP contribution is 2.25. The van der Waals surface area contributed by atoms with Gasteiger partial charge in [-0.2, -0.15) is 0 Å². The minimum absolute atomic E-state index is 0.0167. The number of nitrogens with zero attached hydrogens (tertiary/aromatic N) is 2. The summed E-state index contributed by atoms with van der Waals surface area (Å²) in [6.07, 6.45) is 1.68. The Morgan fingerprint density at radius 2 is 1.69 bits per heavy atom. The minimum atomic E-state index is -4.21. The van der Waals surface area contributed by atoms with Gasteiger partial charge in [-0.05, 0) is 74.4 Å². The SMILES string of the molecule is CCCCNC(=O)[C@H](C)N(Cc1cccc(Cl)c1)C(=O)CN(c1ccc(F)cc1)S(=O)(=O)c1ccc(C)cc1. The van der Waals surface area contributed by atoms with Crippen molar-refractivity contribution in [3.8, 4) is 0 Å². The van der Waals surface area contributed by atoms with E-state index in [4.69, 9.17) is 11.6 Å². The normalized spacial score (nSPS) is 12.0. The maximum atomic E-state index is 13.8. The average molecular weight is 574 g/mol. The van der Waals surface area contributed by atoms with E-state index >= 15 is 0 Å². The van der Waals surface area contributed by atoms with Crippen LogP contribution in [0.15, 0.2) is 77.7 Å². The summed E-state index contributed by atoms with van der Waals surface area (Å²) in [7, 11) is -4.21. The molecule has 0 aliphatic heterocycles. The molecule has 0 heterocycles. The third-order valence-corrected chi connectivity index (χ3v) is 8.26. The molecule has 3 rings (SSSR count). The quantitative estimate of drug-likeness (QED) is 0.297. The summed E-state index contributed by atoms with van der Waals surface area (Å²) in [6.45, 7) is 5.32. The highest BCUT2D eigenvalue weighted by molar-refractivity contribution is 7.92. The monoisotopic (exact) mass is 573 g/mol. The molecule has 0 bridgehead atoms. The van der Waals surface area contributed by atoms with E-state index in [0.717, 1.165) is 34.8 Å².